The van der Waals surface area contributed by atoms with Crippen molar-refractivity contribution in [1.82, 2.24) is 10.5 Å². The average Bonchev–Trinajstić information content (AvgIpc) is 3.02. The van der Waals surface area contributed by atoms with Gasteiger partial charge in [0.25, 0.3) is 0 Å². The Morgan fingerprint density at radius 3 is 1.81 bits per heavy atom. The van der Waals surface area contributed by atoms with Crippen LogP contribution in [0.15, 0.2) is 41.6 Å². The molecule has 1 aromatic carbocycles. The van der Waals surface area contributed by atoms with Crippen molar-refractivity contribution in [2.45, 2.75) is 188 Å². The molecule has 0 saturated carbocycles. The van der Waals surface area contributed by atoms with Crippen LogP contribution in [0, 0.1) is 0 Å². The third kappa shape index (κ3) is 12.2. The fraction of sp³-hybridized carbons (Fsp3) is 0.763. The molecule has 3 unspecified atom stereocenters. The van der Waals surface area contributed by atoms with Gasteiger partial charge in [-0.3, -0.25) is 4.84 Å². The number of rotatable bonds is 23. The van der Waals surface area contributed by atoms with Crippen molar-refractivity contribution in [1.29, 1.82) is 0 Å². The summed E-state index contributed by atoms with van der Waals surface area (Å²) in [5.74, 6) is -0.164. The number of hydrogen-bond donors (Lipinski definition) is 1. The highest BCUT2D eigenvalue weighted by atomic mass is 16.7. The Morgan fingerprint density at radius 2 is 1.33 bits per heavy atom. The predicted molar refractivity (Wildman–Crippen MR) is 181 cm³/mol. The smallest absolute Gasteiger partial charge is 0.332 e. The van der Waals surface area contributed by atoms with E-state index in [9.17, 15) is 4.79 Å². The monoisotopic (exact) mass is 599 g/mol. The van der Waals surface area contributed by atoms with Crippen molar-refractivity contribution in [2.75, 3.05) is 0 Å². The molecule has 0 fully saturated rings. The van der Waals surface area contributed by atoms with Gasteiger partial charge in [0.15, 0.2) is 0 Å². The summed E-state index contributed by atoms with van der Waals surface area (Å²) < 4.78 is 0. The molecule has 1 aromatic rings. The average molecular weight is 599 g/mol. The molecule has 1 N–H and O–H groups in total. The normalized spacial score (nSPS) is 21.7. The number of carbonyl (C=O) groups is 1. The highest BCUT2D eigenvalue weighted by Gasteiger charge is 2.50. The minimum absolute atomic E-state index is 0.0620. The van der Waals surface area contributed by atoms with Crippen molar-refractivity contribution in [2.24, 2.45) is 0 Å². The van der Waals surface area contributed by atoms with Crippen LogP contribution in [0.5, 0.6) is 0 Å². The van der Waals surface area contributed by atoms with Crippen LogP contribution in [0.4, 0.5) is 0 Å². The van der Waals surface area contributed by atoms with E-state index in [0.29, 0.717) is 6.42 Å². The lowest BCUT2D eigenvalue weighted by molar-refractivity contribution is -0.296. The lowest BCUT2D eigenvalue weighted by Gasteiger charge is -2.55. The van der Waals surface area contributed by atoms with Crippen LogP contribution >= 0.6 is 0 Å². The third-order valence-electron chi connectivity index (χ3n) is 10.0. The largest absolute Gasteiger partial charge is 0.344 e. The summed E-state index contributed by atoms with van der Waals surface area (Å²) in [6.07, 6.45) is 22.7. The molecule has 0 bridgehead atoms. The number of benzene rings is 1. The number of hydrogen-bond acceptors (Lipinski definition) is 5. The second-order valence-corrected chi connectivity index (χ2v) is 13.5. The number of nitrogens with zero attached hydrogens (tertiary/aromatic N) is 1. The number of nitrogens with one attached hydrogen (secondary N) is 1. The maximum atomic E-state index is 12.6. The first-order chi connectivity index (χ1) is 20.7. The molecule has 1 aliphatic heterocycles. The van der Waals surface area contributed by atoms with E-state index in [2.05, 4.69) is 83.3 Å². The van der Waals surface area contributed by atoms with Crippen molar-refractivity contribution in [3.05, 3.63) is 47.2 Å². The Balaban J connectivity index is 1.71. The lowest BCUT2D eigenvalue weighted by atomic mass is 9.76. The number of carbonyl (C=O) groups excluding carboxylic acids is 1. The van der Waals surface area contributed by atoms with Gasteiger partial charge in [0.2, 0.25) is 0 Å². The van der Waals surface area contributed by atoms with E-state index in [4.69, 9.17) is 9.68 Å². The van der Waals surface area contributed by atoms with Crippen molar-refractivity contribution in [3.63, 3.8) is 0 Å². The maximum Gasteiger partial charge on any atom is 0.332 e. The SMILES string of the molecule is CCCCCCCCCCCCCCCCCC(=O)ONC1=C(C)C(C)(CC)N(OC(C)c2ccccc2)C(C)(CC)C1. The number of hydroxylamine groups is 3. The Morgan fingerprint density at radius 1 is 0.814 bits per heavy atom. The fourth-order valence-corrected chi connectivity index (χ4v) is 6.45. The molecule has 0 saturated heterocycles. The molecule has 1 heterocycles. The van der Waals surface area contributed by atoms with Gasteiger partial charge < -0.3 is 4.84 Å². The van der Waals surface area contributed by atoms with Gasteiger partial charge in [0.05, 0.1) is 11.2 Å². The van der Waals surface area contributed by atoms with Gasteiger partial charge in [0, 0.05) is 18.4 Å². The highest BCUT2D eigenvalue weighted by Crippen LogP contribution is 2.46. The van der Waals surface area contributed by atoms with Gasteiger partial charge in [-0.05, 0) is 58.1 Å². The molecule has 43 heavy (non-hydrogen) atoms. The quantitative estimate of drug-likeness (QED) is 0.100. The molecular formula is C38H66N2O3. The molecule has 1 aliphatic rings. The first-order valence-electron chi connectivity index (χ1n) is 17.9. The summed E-state index contributed by atoms with van der Waals surface area (Å²) in [7, 11) is 0. The Labute approximate surface area is 265 Å². The van der Waals surface area contributed by atoms with Crippen molar-refractivity contribution in [3.8, 4) is 0 Å². The maximum absolute atomic E-state index is 12.6. The van der Waals surface area contributed by atoms with Crippen LogP contribution < -0.4 is 5.48 Å². The zero-order chi connectivity index (χ0) is 31.6. The van der Waals surface area contributed by atoms with Crippen LogP contribution in [0.1, 0.15) is 182 Å². The highest BCUT2D eigenvalue weighted by molar-refractivity contribution is 5.69. The number of unbranched alkanes of at least 4 members (excludes halogenated alkanes) is 14. The van der Waals surface area contributed by atoms with E-state index >= 15 is 0 Å². The predicted octanol–water partition coefficient (Wildman–Crippen LogP) is 11.3. The second-order valence-electron chi connectivity index (χ2n) is 13.5. The first kappa shape index (κ1) is 37.3. The summed E-state index contributed by atoms with van der Waals surface area (Å²) in [6, 6.07) is 10.4. The van der Waals surface area contributed by atoms with Gasteiger partial charge in [0.1, 0.15) is 6.10 Å². The van der Waals surface area contributed by atoms with Crippen LogP contribution in [-0.2, 0) is 14.5 Å². The Hall–Kier alpha value is -1.85. The molecule has 3 atom stereocenters. The summed E-state index contributed by atoms with van der Waals surface area (Å²) in [6.45, 7) is 15.5. The minimum Gasteiger partial charge on any atom is -0.344 e. The summed E-state index contributed by atoms with van der Waals surface area (Å²) >= 11 is 0. The van der Waals surface area contributed by atoms with Crippen LogP contribution in [0.25, 0.3) is 0 Å². The summed E-state index contributed by atoms with van der Waals surface area (Å²) in [5.41, 5.74) is 5.88. The van der Waals surface area contributed by atoms with E-state index in [-0.39, 0.29) is 23.2 Å². The topological polar surface area (TPSA) is 50.8 Å². The van der Waals surface area contributed by atoms with E-state index in [1.165, 1.54) is 89.0 Å². The van der Waals surface area contributed by atoms with Crippen LogP contribution in [-0.4, -0.2) is 22.1 Å². The molecular weight excluding hydrogens is 532 g/mol. The van der Waals surface area contributed by atoms with Gasteiger partial charge in [-0.25, -0.2) is 10.3 Å². The molecule has 0 aliphatic carbocycles. The van der Waals surface area contributed by atoms with Gasteiger partial charge in [-0.2, -0.15) is 5.06 Å². The van der Waals surface area contributed by atoms with Crippen molar-refractivity contribution >= 4 is 5.97 Å². The third-order valence-corrected chi connectivity index (χ3v) is 10.0. The molecule has 0 radical (unpaired) electrons. The molecule has 0 spiro atoms. The van der Waals surface area contributed by atoms with E-state index in [0.717, 1.165) is 43.4 Å². The second kappa shape index (κ2) is 20.2. The van der Waals surface area contributed by atoms with Crippen LogP contribution in [0.3, 0.4) is 0 Å². The van der Waals surface area contributed by atoms with Gasteiger partial charge in [-0.15, -0.1) is 0 Å². The Kier molecular flexibility index (Phi) is 17.6. The zero-order valence-corrected chi connectivity index (χ0v) is 29.1. The molecule has 0 aromatic heterocycles. The Bertz CT molecular complexity index is 932. The van der Waals surface area contributed by atoms with Gasteiger partial charge >= 0.3 is 5.97 Å². The molecule has 5 heteroatoms. The molecule has 2 rings (SSSR count). The minimum atomic E-state index is -0.324. The standard InChI is InChI=1S/C38H66N2O3/c1-8-11-12-13-14-15-16-17-18-19-20-21-22-23-27-30-36(41)42-39-35-31-37(6,9-2)40(38(7,10-3)32(35)4)43-33(5)34-28-25-24-26-29-34/h24-26,28-29,33,39H,8-23,27,30-31H2,1-7H3. The van der Waals surface area contributed by atoms with Crippen LogP contribution in [0.2, 0.25) is 0 Å². The summed E-state index contributed by atoms with van der Waals surface area (Å²) in [5, 5.41) is 2.23. The lowest BCUT2D eigenvalue weighted by Crippen LogP contribution is -2.62. The van der Waals surface area contributed by atoms with E-state index in [1.54, 1.807) is 0 Å². The molecule has 246 valence electrons. The first-order valence-corrected chi connectivity index (χ1v) is 17.9. The van der Waals surface area contributed by atoms with Crippen molar-refractivity contribution < 1.29 is 14.5 Å². The zero-order valence-electron chi connectivity index (χ0n) is 29.1. The fourth-order valence-electron chi connectivity index (χ4n) is 6.45. The summed E-state index contributed by atoms with van der Waals surface area (Å²) in [4.78, 5) is 25.0. The van der Waals surface area contributed by atoms with E-state index < -0.39 is 0 Å². The molecule has 0 amide bonds. The van der Waals surface area contributed by atoms with E-state index in [1.807, 2.05) is 6.07 Å². The molecule has 5 nitrogen and oxygen atoms in total. The van der Waals surface area contributed by atoms with Gasteiger partial charge in [-0.1, -0.05) is 141 Å².